The molecule has 1 aromatic heterocycles. The molecule has 15 heavy (non-hydrogen) atoms. The van der Waals surface area contributed by atoms with Crippen LogP contribution in [0.5, 0.6) is 5.75 Å². The Balaban J connectivity index is 2.41. The van der Waals surface area contributed by atoms with E-state index in [4.69, 9.17) is 5.73 Å². The summed E-state index contributed by atoms with van der Waals surface area (Å²) in [6, 6.07) is 7.89. The molecule has 0 radical (unpaired) electrons. The lowest BCUT2D eigenvalue weighted by atomic mass is 10.2. The van der Waals surface area contributed by atoms with Gasteiger partial charge in [0.05, 0.1) is 11.9 Å². The van der Waals surface area contributed by atoms with Crippen LogP contribution < -0.4 is 5.73 Å². The summed E-state index contributed by atoms with van der Waals surface area (Å²) < 4.78 is 1.62. The summed E-state index contributed by atoms with van der Waals surface area (Å²) >= 11 is 0. The molecule has 0 saturated carbocycles. The van der Waals surface area contributed by atoms with Crippen LogP contribution in [0.4, 0.5) is 0 Å². The molecular formula is C11H13N3O. The summed E-state index contributed by atoms with van der Waals surface area (Å²) in [5.74, 6) is 0.137. The largest absolute Gasteiger partial charge is 0.504 e. The summed E-state index contributed by atoms with van der Waals surface area (Å²) in [4.78, 5) is 0. The van der Waals surface area contributed by atoms with Crippen LogP contribution in [-0.4, -0.2) is 14.9 Å². The average molecular weight is 203 g/mol. The summed E-state index contributed by atoms with van der Waals surface area (Å²) in [6.07, 6.45) is 1.56. The van der Waals surface area contributed by atoms with E-state index in [1.165, 1.54) is 5.56 Å². The molecule has 0 atom stereocenters. The average Bonchev–Trinajstić information content (AvgIpc) is 2.61. The fourth-order valence-corrected chi connectivity index (χ4v) is 1.38. The van der Waals surface area contributed by atoms with Crippen LogP contribution in [0.1, 0.15) is 11.3 Å². The first-order valence-electron chi connectivity index (χ1n) is 4.75. The minimum absolute atomic E-state index is 0.137. The van der Waals surface area contributed by atoms with Gasteiger partial charge in [0.1, 0.15) is 5.69 Å². The second-order valence-electron chi connectivity index (χ2n) is 3.45. The predicted octanol–water partition coefficient (Wildman–Crippen LogP) is 1.35. The van der Waals surface area contributed by atoms with E-state index in [0.29, 0.717) is 5.69 Å². The SMILES string of the molecule is Cc1ccc(-n2cc(O)c(CN)n2)cc1. The monoisotopic (exact) mass is 203 g/mol. The maximum atomic E-state index is 9.48. The van der Waals surface area contributed by atoms with Gasteiger partial charge in [-0.05, 0) is 19.1 Å². The summed E-state index contributed by atoms with van der Waals surface area (Å²) in [5, 5.41) is 13.7. The summed E-state index contributed by atoms with van der Waals surface area (Å²) in [7, 11) is 0. The van der Waals surface area contributed by atoms with Gasteiger partial charge in [0.2, 0.25) is 0 Å². The van der Waals surface area contributed by atoms with Gasteiger partial charge >= 0.3 is 0 Å². The molecule has 2 aromatic rings. The van der Waals surface area contributed by atoms with Crippen molar-refractivity contribution >= 4 is 0 Å². The molecule has 0 bridgehead atoms. The molecule has 78 valence electrons. The fraction of sp³-hybridized carbons (Fsp3) is 0.182. The number of rotatable bonds is 2. The lowest BCUT2D eigenvalue weighted by molar-refractivity contribution is 0.468. The zero-order valence-electron chi connectivity index (χ0n) is 8.51. The normalized spacial score (nSPS) is 10.5. The van der Waals surface area contributed by atoms with E-state index in [1.807, 2.05) is 31.2 Å². The van der Waals surface area contributed by atoms with Crippen molar-refractivity contribution < 1.29 is 5.11 Å². The molecule has 0 saturated heterocycles. The smallest absolute Gasteiger partial charge is 0.158 e. The topological polar surface area (TPSA) is 64.1 Å². The second kappa shape index (κ2) is 3.74. The summed E-state index contributed by atoms with van der Waals surface area (Å²) in [6.45, 7) is 2.26. The quantitative estimate of drug-likeness (QED) is 0.774. The van der Waals surface area contributed by atoms with E-state index in [9.17, 15) is 5.11 Å². The first-order chi connectivity index (χ1) is 7.20. The number of aromatic hydroxyl groups is 1. The highest BCUT2D eigenvalue weighted by Gasteiger charge is 2.06. The Morgan fingerprint density at radius 3 is 2.53 bits per heavy atom. The highest BCUT2D eigenvalue weighted by Crippen LogP contribution is 2.17. The molecule has 0 spiro atoms. The van der Waals surface area contributed by atoms with Gasteiger partial charge in [-0.2, -0.15) is 5.10 Å². The molecule has 0 aliphatic rings. The van der Waals surface area contributed by atoms with Crippen molar-refractivity contribution in [3.05, 3.63) is 41.7 Å². The molecule has 0 aliphatic carbocycles. The Bertz CT molecular complexity index is 459. The van der Waals surface area contributed by atoms with Gasteiger partial charge < -0.3 is 10.8 Å². The zero-order valence-corrected chi connectivity index (χ0v) is 8.51. The lowest BCUT2D eigenvalue weighted by Crippen LogP contribution is -2.00. The van der Waals surface area contributed by atoms with Crippen molar-refractivity contribution in [2.45, 2.75) is 13.5 Å². The van der Waals surface area contributed by atoms with Crippen LogP contribution >= 0.6 is 0 Å². The Labute approximate surface area is 88.0 Å². The van der Waals surface area contributed by atoms with Gasteiger partial charge in [0.15, 0.2) is 5.75 Å². The van der Waals surface area contributed by atoms with E-state index in [0.717, 1.165) is 5.69 Å². The van der Waals surface area contributed by atoms with Crippen LogP contribution in [0.15, 0.2) is 30.5 Å². The number of aryl methyl sites for hydroxylation is 1. The Kier molecular flexibility index (Phi) is 2.43. The van der Waals surface area contributed by atoms with Gasteiger partial charge in [-0.3, -0.25) is 0 Å². The minimum Gasteiger partial charge on any atom is -0.504 e. The van der Waals surface area contributed by atoms with E-state index in [1.54, 1.807) is 10.9 Å². The molecule has 3 N–H and O–H groups in total. The van der Waals surface area contributed by atoms with Crippen LogP contribution in [-0.2, 0) is 6.54 Å². The minimum atomic E-state index is 0.137. The Morgan fingerprint density at radius 1 is 1.33 bits per heavy atom. The molecule has 1 heterocycles. The van der Waals surface area contributed by atoms with E-state index >= 15 is 0 Å². The van der Waals surface area contributed by atoms with Crippen molar-refractivity contribution in [3.8, 4) is 11.4 Å². The third-order valence-electron chi connectivity index (χ3n) is 2.26. The van der Waals surface area contributed by atoms with Crippen molar-refractivity contribution in [2.24, 2.45) is 5.73 Å². The summed E-state index contributed by atoms with van der Waals surface area (Å²) in [5.41, 5.74) is 8.04. The van der Waals surface area contributed by atoms with Gasteiger partial charge in [-0.1, -0.05) is 17.7 Å². The number of benzene rings is 1. The first kappa shape index (κ1) is 9.73. The number of nitrogens with zero attached hydrogens (tertiary/aromatic N) is 2. The highest BCUT2D eigenvalue weighted by molar-refractivity contribution is 5.36. The zero-order chi connectivity index (χ0) is 10.8. The van der Waals surface area contributed by atoms with Crippen molar-refractivity contribution in [3.63, 3.8) is 0 Å². The van der Waals surface area contributed by atoms with Crippen molar-refractivity contribution in [2.75, 3.05) is 0 Å². The Morgan fingerprint density at radius 2 is 2.00 bits per heavy atom. The molecule has 0 aliphatic heterocycles. The molecule has 0 amide bonds. The third kappa shape index (κ3) is 1.85. The Hall–Kier alpha value is -1.81. The van der Waals surface area contributed by atoms with Crippen LogP contribution in [0.25, 0.3) is 5.69 Å². The number of hydrogen-bond acceptors (Lipinski definition) is 3. The van der Waals surface area contributed by atoms with Gasteiger partial charge in [0.25, 0.3) is 0 Å². The second-order valence-corrected chi connectivity index (χ2v) is 3.45. The molecule has 1 aromatic carbocycles. The maximum Gasteiger partial charge on any atom is 0.158 e. The van der Waals surface area contributed by atoms with Crippen LogP contribution in [0.2, 0.25) is 0 Å². The van der Waals surface area contributed by atoms with E-state index < -0.39 is 0 Å². The van der Waals surface area contributed by atoms with Crippen molar-refractivity contribution in [1.29, 1.82) is 0 Å². The number of aromatic nitrogens is 2. The van der Waals surface area contributed by atoms with E-state index in [-0.39, 0.29) is 12.3 Å². The lowest BCUT2D eigenvalue weighted by Gasteiger charge is -2.00. The van der Waals surface area contributed by atoms with Gasteiger partial charge in [-0.25, -0.2) is 4.68 Å². The van der Waals surface area contributed by atoms with Gasteiger partial charge in [0, 0.05) is 6.54 Å². The predicted molar refractivity (Wildman–Crippen MR) is 57.9 cm³/mol. The molecule has 2 rings (SSSR count). The molecule has 4 nitrogen and oxygen atoms in total. The maximum absolute atomic E-state index is 9.48. The number of nitrogens with two attached hydrogens (primary N) is 1. The first-order valence-corrected chi connectivity index (χ1v) is 4.75. The number of hydrogen-bond donors (Lipinski definition) is 2. The van der Waals surface area contributed by atoms with Crippen LogP contribution in [0, 0.1) is 6.92 Å². The molecule has 4 heteroatoms. The van der Waals surface area contributed by atoms with Gasteiger partial charge in [-0.15, -0.1) is 0 Å². The highest BCUT2D eigenvalue weighted by atomic mass is 16.3. The molecule has 0 fully saturated rings. The van der Waals surface area contributed by atoms with Crippen LogP contribution in [0.3, 0.4) is 0 Å². The van der Waals surface area contributed by atoms with E-state index in [2.05, 4.69) is 5.10 Å². The third-order valence-corrected chi connectivity index (χ3v) is 2.26. The molecular weight excluding hydrogens is 190 g/mol. The van der Waals surface area contributed by atoms with Crippen molar-refractivity contribution in [1.82, 2.24) is 9.78 Å². The standard InChI is InChI=1S/C11H13N3O/c1-8-2-4-9(5-3-8)14-7-11(15)10(6-12)13-14/h2-5,7,15H,6,12H2,1H3. The fourth-order valence-electron chi connectivity index (χ4n) is 1.38. The molecule has 0 unspecified atom stereocenters.